The van der Waals surface area contributed by atoms with Crippen molar-refractivity contribution in [2.75, 3.05) is 82.1 Å². The highest BCUT2D eigenvalue weighted by Gasteiger charge is 2.44. The van der Waals surface area contributed by atoms with E-state index in [1.165, 1.54) is 80.2 Å². The van der Waals surface area contributed by atoms with Crippen LogP contribution in [-0.2, 0) is 70.4 Å². The van der Waals surface area contributed by atoms with Crippen molar-refractivity contribution in [3.8, 4) is 0 Å². The molecule has 0 bridgehead atoms. The lowest BCUT2D eigenvalue weighted by Crippen LogP contribution is -2.63. The highest BCUT2D eigenvalue weighted by molar-refractivity contribution is 6.31. The zero-order valence-corrected chi connectivity index (χ0v) is 60.0. The SMILES string of the molecule is CCCC[C@@H]1NC(=O)[C@H](Cc2ccc(F)c(Cl)c2)NC(=O)CN(C)C(=O)[C@H](Cc2ccc(Cl)cc2)N(C)C(=O)CN(C)C(=O)CN(C)C(=O)[C@H]([C@@H](C)CC)NC(=O)[C@H](CC(C)C)N(C)C(=O)C[C@@H](C(=O)N2CCCCC2)N(C)C(=O)[C@H](CC(C)C)NC(=O)C(C)(C)N(C)C1=O. The molecule has 0 radical (unpaired) electrons. The Kier molecular flexibility index (Phi) is 30.9. The van der Waals surface area contributed by atoms with E-state index in [0.717, 1.165) is 41.9 Å². The van der Waals surface area contributed by atoms with Gasteiger partial charge in [-0.15, -0.1) is 0 Å². The van der Waals surface area contributed by atoms with Crippen LogP contribution in [0.15, 0.2) is 42.5 Å². The van der Waals surface area contributed by atoms with Crippen molar-refractivity contribution in [2.24, 2.45) is 17.8 Å². The first kappa shape index (κ1) is 80.0. The molecule has 8 atom stereocenters. The first-order chi connectivity index (χ1) is 44.4. The normalized spacial score (nSPS) is 23.8. The van der Waals surface area contributed by atoms with Gasteiger partial charge in [0.1, 0.15) is 53.6 Å². The fourth-order valence-corrected chi connectivity index (χ4v) is 11.7. The largest absolute Gasteiger partial charge is 0.343 e. The molecule has 2 aliphatic rings. The van der Waals surface area contributed by atoms with Crippen molar-refractivity contribution in [1.82, 2.24) is 60.5 Å². The Labute approximate surface area is 570 Å². The van der Waals surface area contributed by atoms with Gasteiger partial charge in [0.2, 0.25) is 70.9 Å². The molecular formula is C68H103Cl2FN12O12. The van der Waals surface area contributed by atoms with Crippen LogP contribution in [-0.4, -0.2) is 240 Å². The number of hydrogen-bond acceptors (Lipinski definition) is 12. The molecule has 0 spiro atoms. The molecular weight excluding hydrogens is 1270 g/mol. The highest BCUT2D eigenvalue weighted by atomic mass is 35.5. The number of likely N-dealkylation sites (tertiary alicyclic amines) is 1. The second kappa shape index (κ2) is 36.6. The molecule has 4 N–H and O–H groups in total. The molecule has 0 unspecified atom stereocenters. The summed E-state index contributed by atoms with van der Waals surface area (Å²) < 4.78 is 14.5. The molecule has 12 amide bonds. The molecule has 0 aliphatic carbocycles. The van der Waals surface area contributed by atoms with Gasteiger partial charge in [-0.25, -0.2) is 4.39 Å². The Morgan fingerprint density at radius 2 is 1.17 bits per heavy atom. The summed E-state index contributed by atoms with van der Waals surface area (Å²) in [5, 5.41) is 11.3. The number of carbonyl (C=O) groups excluding carboxylic acids is 12. The fraction of sp³-hybridized carbons (Fsp3) is 0.647. The zero-order chi connectivity index (χ0) is 71.5. The molecule has 2 aromatic rings. The van der Waals surface area contributed by atoms with E-state index in [4.69, 9.17) is 23.2 Å². The van der Waals surface area contributed by atoms with Gasteiger partial charge in [0.25, 0.3) is 0 Å². The average Bonchev–Trinajstić information content (AvgIpc) is 0.828. The summed E-state index contributed by atoms with van der Waals surface area (Å²) in [6.07, 6.45) is 2.88. The number of nitrogens with one attached hydrogen (secondary N) is 4. The number of benzene rings is 2. The minimum atomic E-state index is -1.74. The third-order valence-corrected chi connectivity index (χ3v) is 18.7. The quantitative estimate of drug-likeness (QED) is 0.201. The summed E-state index contributed by atoms with van der Waals surface area (Å²) in [7, 11) is 9.57. The molecule has 0 saturated carbocycles. The first-order valence-corrected chi connectivity index (χ1v) is 33.7. The predicted octanol–water partition coefficient (Wildman–Crippen LogP) is 4.69. The topological polar surface area (TPSA) is 279 Å². The molecule has 24 nitrogen and oxygen atoms in total. The van der Waals surface area contributed by atoms with Gasteiger partial charge in [-0.1, -0.05) is 109 Å². The van der Waals surface area contributed by atoms with E-state index in [1.807, 2.05) is 41.5 Å². The number of likely N-dealkylation sites (N-methyl/N-ethyl adjacent to an activating group) is 7. The van der Waals surface area contributed by atoms with Gasteiger partial charge in [-0.2, -0.15) is 0 Å². The molecule has 528 valence electrons. The number of amides is 12. The standard InChI is InChI=1S/C68H103Cl2FN12O12/c1-17-19-23-49-63(91)82(16)68(8,9)67(95)74-51(32-41(3)4)62(90)81(15)54(65(93)83-30-21-20-22-31-83)37-56(85)79(13)52(33-42(5)6)61(89)75-59(43(7)18-2)66(94)78(12)39-57(86)76(10)40-58(87)80(14)53(36-44-24-27-46(69)28-25-44)64(92)77(11)38-55(84)72-50(60(88)73-49)35-45-26-29-48(71)47(70)34-45/h24-29,34,41-43,49-54,59H,17-23,30-33,35-40H2,1-16H3,(H,72,84)(H,73,88)(H,74,95)(H,75,89)/t43-,49-,50-,51-,52-,53-,54-,59-/m0/s1. The minimum Gasteiger partial charge on any atom is -0.343 e. The lowest BCUT2D eigenvalue weighted by molar-refractivity contribution is -0.152. The van der Waals surface area contributed by atoms with Crippen molar-refractivity contribution in [3.05, 3.63) is 69.5 Å². The lowest BCUT2D eigenvalue weighted by Gasteiger charge is -2.39. The van der Waals surface area contributed by atoms with E-state index in [2.05, 4.69) is 21.3 Å². The summed E-state index contributed by atoms with van der Waals surface area (Å²) in [6.45, 7) is 14.6. The van der Waals surface area contributed by atoms with Crippen LogP contribution in [0.5, 0.6) is 0 Å². The average molecular weight is 1370 g/mol. The number of unbranched alkanes of at least 4 members (excludes halogenated alkanes) is 1. The third-order valence-electron chi connectivity index (χ3n) is 18.1. The van der Waals surface area contributed by atoms with Crippen LogP contribution in [0.2, 0.25) is 10.0 Å². The van der Waals surface area contributed by atoms with E-state index in [1.54, 1.807) is 36.1 Å². The molecule has 0 aromatic heterocycles. The molecule has 2 aliphatic heterocycles. The number of hydrogen-bond donors (Lipinski definition) is 4. The third kappa shape index (κ3) is 22.6. The molecule has 27 heteroatoms. The number of piperidine rings is 1. The van der Waals surface area contributed by atoms with Gasteiger partial charge in [-0.3, -0.25) is 57.5 Å². The molecule has 2 heterocycles. The summed E-state index contributed by atoms with van der Waals surface area (Å²) in [6, 6.07) is 0.989. The molecule has 95 heavy (non-hydrogen) atoms. The Balaban J connectivity index is 1.89. The second-order valence-corrected chi connectivity index (χ2v) is 27.8. The van der Waals surface area contributed by atoms with Gasteiger partial charge in [-0.05, 0) is 106 Å². The van der Waals surface area contributed by atoms with Crippen LogP contribution in [0.25, 0.3) is 0 Å². The summed E-state index contributed by atoms with van der Waals surface area (Å²) in [4.78, 5) is 185. The fourth-order valence-electron chi connectivity index (χ4n) is 11.4. The van der Waals surface area contributed by atoms with Crippen LogP contribution in [0.1, 0.15) is 138 Å². The Morgan fingerprint density at radius 3 is 1.75 bits per heavy atom. The van der Waals surface area contributed by atoms with E-state index >= 15 is 4.79 Å². The molecule has 2 aromatic carbocycles. The highest BCUT2D eigenvalue weighted by Crippen LogP contribution is 2.25. The number of halogens is 3. The van der Waals surface area contributed by atoms with Crippen molar-refractivity contribution < 1.29 is 61.9 Å². The van der Waals surface area contributed by atoms with Gasteiger partial charge >= 0.3 is 0 Å². The Bertz CT molecular complexity index is 3060. The Hall–Kier alpha value is -7.41. The molecule has 2 fully saturated rings. The van der Waals surface area contributed by atoms with Gasteiger partial charge in [0.05, 0.1) is 31.1 Å². The molecule has 2 saturated heterocycles. The van der Waals surface area contributed by atoms with E-state index in [-0.39, 0.29) is 49.0 Å². The van der Waals surface area contributed by atoms with Gasteiger partial charge in [0, 0.05) is 80.3 Å². The van der Waals surface area contributed by atoms with Crippen LogP contribution >= 0.6 is 23.2 Å². The molecule has 4 rings (SSSR count). The zero-order valence-electron chi connectivity index (χ0n) is 58.4. The second-order valence-electron chi connectivity index (χ2n) is 27.0. The van der Waals surface area contributed by atoms with Crippen LogP contribution in [0.3, 0.4) is 0 Å². The van der Waals surface area contributed by atoms with E-state index in [9.17, 15) is 57.1 Å². The van der Waals surface area contributed by atoms with Crippen LogP contribution in [0, 0.1) is 23.6 Å². The summed E-state index contributed by atoms with van der Waals surface area (Å²) in [5.74, 6) is -10.2. The van der Waals surface area contributed by atoms with Crippen molar-refractivity contribution in [1.29, 1.82) is 0 Å². The summed E-state index contributed by atoms with van der Waals surface area (Å²) >= 11 is 12.4. The maximum Gasteiger partial charge on any atom is 0.246 e. The van der Waals surface area contributed by atoms with Crippen LogP contribution < -0.4 is 21.3 Å². The Morgan fingerprint density at radius 1 is 0.589 bits per heavy atom. The van der Waals surface area contributed by atoms with E-state index in [0.29, 0.717) is 61.3 Å². The lowest BCUT2D eigenvalue weighted by atomic mass is 9.95. The van der Waals surface area contributed by atoms with E-state index < -0.39 is 157 Å². The van der Waals surface area contributed by atoms with Crippen molar-refractivity contribution in [2.45, 2.75) is 187 Å². The van der Waals surface area contributed by atoms with Crippen LogP contribution in [0.4, 0.5) is 4.39 Å². The minimum absolute atomic E-state index is 0.0557. The number of carbonyl (C=O) groups is 12. The summed E-state index contributed by atoms with van der Waals surface area (Å²) in [5.41, 5.74) is -0.863. The predicted molar refractivity (Wildman–Crippen MR) is 360 cm³/mol. The smallest absolute Gasteiger partial charge is 0.246 e. The first-order valence-electron chi connectivity index (χ1n) is 32.9. The van der Waals surface area contributed by atoms with Gasteiger partial charge in [0.15, 0.2) is 0 Å². The monoisotopic (exact) mass is 1370 g/mol. The number of nitrogens with zero attached hydrogens (tertiary/aromatic N) is 8. The van der Waals surface area contributed by atoms with Gasteiger partial charge < -0.3 is 60.5 Å². The maximum absolute atomic E-state index is 15.1. The number of rotatable bonds is 14. The maximum atomic E-state index is 15.1. The van der Waals surface area contributed by atoms with Crippen molar-refractivity contribution in [3.63, 3.8) is 0 Å². The van der Waals surface area contributed by atoms with Crippen molar-refractivity contribution >= 4 is 94.1 Å².